The maximum absolute atomic E-state index is 14.3. The SMILES string of the molecule is [2H]C([2H])([2H])C([2H])(C([2H])([2H])[2H])C([2H])([2H])N(C[C@@H](O)[C@H](Cc1ccccc1)NC(=O)OC(C)(C)C)S(=O)(=O)c1ccc2nc([S+](C)[O-])sc2c1. The number of aromatic nitrogens is 1. The third kappa shape index (κ3) is 8.89. The zero-order valence-electron chi connectivity index (χ0n) is 30.8. The van der Waals surface area contributed by atoms with E-state index in [-0.39, 0.29) is 25.3 Å². The number of nitrogens with one attached hydrogen (secondary N) is 1. The van der Waals surface area contributed by atoms with Gasteiger partial charge in [0.2, 0.25) is 10.0 Å². The number of carbonyl (C=O) groups is 1. The van der Waals surface area contributed by atoms with E-state index in [2.05, 4.69) is 10.3 Å². The van der Waals surface area contributed by atoms with E-state index in [0.29, 0.717) is 5.56 Å². The molecular weight excluding hydrogens is 559 g/mol. The van der Waals surface area contributed by atoms with Crippen LogP contribution in [0.2, 0.25) is 0 Å². The predicted octanol–water partition coefficient (Wildman–Crippen LogP) is 4.18. The van der Waals surface area contributed by atoms with Crippen molar-refractivity contribution in [3.8, 4) is 0 Å². The quantitative estimate of drug-likeness (QED) is 0.314. The van der Waals surface area contributed by atoms with Gasteiger partial charge in [-0.2, -0.15) is 9.29 Å². The van der Waals surface area contributed by atoms with Crippen molar-refractivity contribution in [1.82, 2.24) is 14.6 Å². The van der Waals surface area contributed by atoms with Crippen molar-refractivity contribution in [2.24, 2.45) is 5.89 Å². The van der Waals surface area contributed by atoms with E-state index in [9.17, 15) is 22.9 Å². The van der Waals surface area contributed by atoms with Crippen molar-refractivity contribution in [2.75, 3.05) is 19.3 Å². The second-order valence-electron chi connectivity index (χ2n) is 9.60. The van der Waals surface area contributed by atoms with Gasteiger partial charge in [0.15, 0.2) is 0 Å². The third-order valence-corrected chi connectivity index (χ3v) is 9.25. The average Bonchev–Trinajstić information content (AvgIpc) is 3.37. The number of hydrogen-bond acceptors (Lipinski definition) is 8. The smallest absolute Gasteiger partial charge is 0.407 e. The van der Waals surface area contributed by atoms with E-state index >= 15 is 0 Å². The molecule has 3 atom stereocenters. The van der Waals surface area contributed by atoms with Gasteiger partial charge in [0.1, 0.15) is 11.9 Å². The Morgan fingerprint density at radius 2 is 2.00 bits per heavy atom. The lowest BCUT2D eigenvalue weighted by atomic mass is 10.0. The first kappa shape index (κ1) is 20.6. The first-order valence-corrected chi connectivity index (χ1v) is 15.5. The van der Waals surface area contributed by atoms with E-state index < -0.39 is 82.6 Å². The van der Waals surface area contributed by atoms with Crippen LogP contribution >= 0.6 is 11.3 Å². The summed E-state index contributed by atoms with van der Waals surface area (Å²) in [5.41, 5.74) is -0.180. The summed E-state index contributed by atoms with van der Waals surface area (Å²) in [4.78, 5) is 16.3. The van der Waals surface area contributed by atoms with Crippen molar-refractivity contribution >= 4 is 48.8 Å². The lowest BCUT2D eigenvalue weighted by Crippen LogP contribution is -2.51. The number of aliphatic hydroxyl groups is 1. The van der Waals surface area contributed by atoms with Crippen LogP contribution in [0.5, 0.6) is 0 Å². The van der Waals surface area contributed by atoms with Gasteiger partial charge in [-0.25, -0.2) is 13.2 Å². The van der Waals surface area contributed by atoms with Gasteiger partial charge in [0.25, 0.3) is 0 Å². The average molecular weight is 605 g/mol. The molecule has 0 bridgehead atoms. The van der Waals surface area contributed by atoms with Crippen molar-refractivity contribution in [2.45, 2.75) is 67.9 Å². The molecular formula is C27H37N3O6S3. The summed E-state index contributed by atoms with van der Waals surface area (Å²) in [5, 5.41) is 14.0. The van der Waals surface area contributed by atoms with Crippen LogP contribution in [0.1, 0.15) is 52.4 Å². The minimum atomic E-state index is -5.29. The number of hydrogen-bond donors (Lipinski definition) is 2. The van der Waals surface area contributed by atoms with Gasteiger partial charge >= 0.3 is 10.4 Å². The van der Waals surface area contributed by atoms with Crippen LogP contribution in [0.3, 0.4) is 0 Å². The molecule has 0 aliphatic heterocycles. The molecule has 3 rings (SSSR count). The van der Waals surface area contributed by atoms with Gasteiger partial charge in [-0.3, -0.25) is 0 Å². The maximum Gasteiger partial charge on any atom is 0.407 e. The molecule has 2 aromatic carbocycles. The first-order chi connectivity index (χ1) is 21.7. The molecule has 0 saturated heterocycles. The van der Waals surface area contributed by atoms with Crippen molar-refractivity contribution in [1.29, 1.82) is 0 Å². The molecule has 3 aromatic rings. The molecule has 214 valence electrons. The molecule has 0 aliphatic carbocycles. The zero-order valence-corrected chi connectivity index (χ0v) is 24.2. The van der Waals surface area contributed by atoms with Crippen LogP contribution in [0.25, 0.3) is 10.2 Å². The highest BCUT2D eigenvalue weighted by Gasteiger charge is 2.32. The maximum atomic E-state index is 14.3. The molecule has 1 unspecified atom stereocenters. The molecule has 1 heterocycles. The number of ether oxygens (including phenoxy) is 1. The number of thiazole rings is 1. The molecule has 0 spiro atoms. The van der Waals surface area contributed by atoms with Crippen molar-refractivity contribution < 1.29 is 39.9 Å². The molecule has 1 aromatic heterocycles. The van der Waals surface area contributed by atoms with Gasteiger partial charge in [-0.05, 0) is 56.8 Å². The van der Waals surface area contributed by atoms with Crippen molar-refractivity contribution in [3.63, 3.8) is 0 Å². The Labute approximate surface area is 250 Å². The number of benzene rings is 2. The Morgan fingerprint density at radius 1 is 1.31 bits per heavy atom. The van der Waals surface area contributed by atoms with Crippen LogP contribution < -0.4 is 5.32 Å². The van der Waals surface area contributed by atoms with Crippen LogP contribution in [-0.2, 0) is 32.4 Å². The van der Waals surface area contributed by atoms with Crippen LogP contribution in [0.15, 0.2) is 57.8 Å². The van der Waals surface area contributed by atoms with E-state index in [0.717, 1.165) is 23.5 Å². The fraction of sp³-hybridized carbons (Fsp3) is 0.481. The fourth-order valence-corrected chi connectivity index (χ4v) is 6.63. The largest absolute Gasteiger partial charge is 0.610 e. The van der Waals surface area contributed by atoms with E-state index in [4.69, 9.17) is 17.1 Å². The molecule has 1 amide bonds. The van der Waals surface area contributed by atoms with E-state index in [1.165, 1.54) is 12.3 Å². The third-order valence-electron chi connectivity index (χ3n) is 5.23. The Kier molecular flexibility index (Phi) is 6.86. The van der Waals surface area contributed by atoms with Gasteiger partial charge < -0.3 is 19.7 Å². The number of alkyl carbamates (subject to hydrolysis) is 1. The first-order valence-electron chi connectivity index (χ1n) is 16.2. The minimum absolute atomic E-state index is 0.146. The van der Waals surface area contributed by atoms with Gasteiger partial charge in [0.05, 0.1) is 27.3 Å². The summed E-state index contributed by atoms with van der Waals surface area (Å²) in [5.74, 6) is -4.08. The topological polar surface area (TPSA) is 132 Å². The highest BCUT2D eigenvalue weighted by Crippen LogP contribution is 2.29. The number of amides is 1. The predicted molar refractivity (Wildman–Crippen MR) is 155 cm³/mol. The number of nitrogens with zero attached hydrogens (tertiary/aromatic N) is 2. The molecule has 9 nitrogen and oxygen atoms in total. The zero-order chi connectivity index (χ0) is 36.7. The Hall–Kier alpha value is -2.22. The number of sulfonamides is 1. The van der Waals surface area contributed by atoms with Crippen molar-refractivity contribution in [3.05, 3.63) is 54.1 Å². The summed E-state index contributed by atoms with van der Waals surface area (Å²) >= 11 is -0.642. The molecule has 39 heavy (non-hydrogen) atoms. The van der Waals surface area contributed by atoms with Gasteiger partial charge in [-0.15, -0.1) is 0 Å². The molecule has 0 radical (unpaired) electrons. The molecule has 0 aliphatic rings. The van der Waals surface area contributed by atoms with Crippen LogP contribution in [0, 0.1) is 5.89 Å². The summed E-state index contributed by atoms with van der Waals surface area (Å²) in [6.07, 6.45) is -1.81. The Bertz CT molecular complexity index is 1680. The van der Waals surface area contributed by atoms with E-state index in [1.807, 2.05) is 0 Å². The molecule has 0 saturated carbocycles. The molecule has 12 heteroatoms. The standard InChI is InChI=1S/C27H37N3O6S3/c1-18(2)16-30(39(34,35)20-12-13-21-24(15-20)37-26(29-21)38(6)33)17-23(31)22(14-19-10-8-7-9-11-19)28-25(32)36-27(3,4)5/h7-13,15,18,22-23,31H,14,16-17H2,1-6H3,(H,28,32)/t22-,23+,38?/m0/s1/i1D3,2D3,16D2,18D. The van der Waals surface area contributed by atoms with Gasteiger partial charge in [0, 0.05) is 36.6 Å². The summed E-state index contributed by atoms with van der Waals surface area (Å²) in [6.45, 7) is -8.43. The summed E-state index contributed by atoms with van der Waals surface area (Å²) < 4.78 is 120. The fourth-order valence-electron chi connectivity index (χ4n) is 3.53. The second-order valence-corrected chi connectivity index (χ2v) is 14.0. The summed E-state index contributed by atoms with van der Waals surface area (Å²) in [6, 6.07) is 10.2. The van der Waals surface area contributed by atoms with Gasteiger partial charge in [-0.1, -0.05) is 55.4 Å². The lowest BCUT2D eigenvalue weighted by molar-refractivity contribution is 0.0400. The number of carbonyl (C=O) groups excluding carboxylic acids is 1. The monoisotopic (exact) mass is 604 g/mol. The number of fused-ring (bicyclic) bond motifs is 1. The second kappa shape index (κ2) is 13.0. The molecule has 2 N–H and O–H groups in total. The highest BCUT2D eigenvalue weighted by molar-refractivity contribution is 7.92. The molecule has 0 fully saturated rings. The minimum Gasteiger partial charge on any atom is -0.610 e. The van der Waals surface area contributed by atoms with Crippen LogP contribution in [0.4, 0.5) is 4.79 Å². The Morgan fingerprint density at radius 3 is 2.62 bits per heavy atom. The normalized spacial score (nSPS) is 19.6. The highest BCUT2D eigenvalue weighted by atomic mass is 32.2. The number of rotatable bonds is 11. The Balaban J connectivity index is 2.22. The lowest BCUT2D eigenvalue weighted by Gasteiger charge is -2.31. The number of aliphatic hydroxyl groups excluding tert-OH is 1. The van der Waals surface area contributed by atoms with Crippen LogP contribution in [-0.4, -0.2) is 70.5 Å². The van der Waals surface area contributed by atoms with E-state index in [1.54, 1.807) is 51.1 Å². The summed E-state index contributed by atoms with van der Waals surface area (Å²) in [7, 11) is -5.29.